The Morgan fingerprint density at radius 3 is 2.50 bits per heavy atom. The summed E-state index contributed by atoms with van der Waals surface area (Å²) in [5, 5.41) is 0. The maximum Gasteiger partial charge on any atom is 0.123 e. The lowest BCUT2D eigenvalue weighted by atomic mass is 9.94. The minimum Gasteiger partial charge on any atom is -0.497 e. The van der Waals surface area contributed by atoms with Crippen molar-refractivity contribution in [2.75, 3.05) is 12.8 Å². The largest absolute Gasteiger partial charge is 0.497 e. The SMILES string of the molecule is COc1ccc(C(NN)c2cc(F)ccc2N)c(C)c1. The van der Waals surface area contributed by atoms with E-state index in [0.717, 1.165) is 16.9 Å². The maximum absolute atomic E-state index is 13.4. The van der Waals surface area contributed by atoms with Gasteiger partial charge in [-0.3, -0.25) is 5.84 Å². The first-order chi connectivity index (χ1) is 9.56. The molecule has 4 nitrogen and oxygen atoms in total. The van der Waals surface area contributed by atoms with E-state index in [1.807, 2.05) is 25.1 Å². The molecule has 0 amide bonds. The number of hydrogen-bond acceptors (Lipinski definition) is 4. The Bertz CT molecular complexity index is 616. The van der Waals surface area contributed by atoms with Crippen LogP contribution >= 0.6 is 0 Å². The molecule has 20 heavy (non-hydrogen) atoms. The van der Waals surface area contributed by atoms with Gasteiger partial charge in [0.25, 0.3) is 0 Å². The molecule has 0 fully saturated rings. The summed E-state index contributed by atoms with van der Waals surface area (Å²) in [6.45, 7) is 1.94. The molecule has 0 heterocycles. The normalized spacial score (nSPS) is 12.2. The van der Waals surface area contributed by atoms with Crippen molar-refractivity contribution in [3.8, 4) is 5.75 Å². The van der Waals surface area contributed by atoms with Gasteiger partial charge >= 0.3 is 0 Å². The van der Waals surface area contributed by atoms with Crippen LogP contribution in [0.2, 0.25) is 0 Å². The summed E-state index contributed by atoms with van der Waals surface area (Å²) in [6, 6.07) is 9.50. The third-order valence-electron chi connectivity index (χ3n) is 3.31. The lowest BCUT2D eigenvalue weighted by Gasteiger charge is -2.21. The number of rotatable bonds is 4. The Balaban J connectivity index is 2.49. The molecule has 0 saturated heterocycles. The van der Waals surface area contributed by atoms with Crippen molar-refractivity contribution < 1.29 is 9.13 Å². The molecule has 0 spiro atoms. The van der Waals surface area contributed by atoms with Crippen LogP contribution in [0.4, 0.5) is 10.1 Å². The van der Waals surface area contributed by atoms with Gasteiger partial charge in [-0.1, -0.05) is 6.07 Å². The minimum absolute atomic E-state index is 0.347. The number of halogens is 1. The van der Waals surface area contributed by atoms with E-state index in [4.69, 9.17) is 16.3 Å². The lowest BCUT2D eigenvalue weighted by Crippen LogP contribution is -2.30. The molecule has 5 heteroatoms. The number of methoxy groups -OCH3 is 1. The fourth-order valence-electron chi connectivity index (χ4n) is 2.24. The van der Waals surface area contributed by atoms with Crippen molar-refractivity contribution in [2.24, 2.45) is 5.84 Å². The first-order valence-electron chi connectivity index (χ1n) is 6.22. The summed E-state index contributed by atoms with van der Waals surface area (Å²) >= 11 is 0. The number of nitrogens with two attached hydrogens (primary N) is 2. The average Bonchev–Trinajstić information content (AvgIpc) is 2.44. The van der Waals surface area contributed by atoms with Crippen LogP contribution in [0.25, 0.3) is 0 Å². The second kappa shape index (κ2) is 5.90. The highest BCUT2D eigenvalue weighted by Crippen LogP contribution is 2.30. The zero-order valence-electron chi connectivity index (χ0n) is 11.5. The van der Waals surface area contributed by atoms with E-state index >= 15 is 0 Å². The van der Waals surface area contributed by atoms with E-state index < -0.39 is 0 Å². The molecule has 1 atom stereocenters. The monoisotopic (exact) mass is 275 g/mol. The summed E-state index contributed by atoms with van der Waals surface area (Å²) < 4.78 is 18.6. The van der Waals surface area contributed by atoms with Gasteiger partial charge in [0.05, 0.1) is 13.2 Å². The van der Waals surface area contributed by atoms with Gasteiger partial charge in [0.2, 0.25) is 0 Å². The van der Waals surface area contributed by atoms with Crippen LogP contribution in [0.5, 0.6) is 5.75 Å². The fraction of sp³-hybridized carbons (Fsp3) is 0.200. The molecule has 0 aliphatic carbocycles. The number of aryl methyl sites for hydroxylation is 1. The second-order valence-corrected chi connectivity index (χ2v) is 4.60. The maximum atomic E-state index is 13.4. The average molecular weight is 275 g/mol. The van der Waals surface area contributed by atoms with Crippen molar-refractivity contribution in [1.82, 2.24) is 5.43 Å². The Hall–Kier alpha value is -2.11. The van der Waals surface area contributed by atoms with Crippen LogP contribution in [-0.4, -0.2) is 7.11 Å². The fourth-order valence-corrected chi connectivity index (χ4v) is 2.24. The Morgan fingerprint density at radius 2 is 1.90 bits per heavy atom. The Kier molecular flexibility index (Phi) is 4.22. The molecule has 2 rings (SSSR count). The molecular weight excluding hydrogens is 257 g/mol. The smallest absolute Gasteiger partial charge is 0.123 e. The summed E-state index contributed by atoms with van der Waals surface area (Å²) in [6.07, 6.45) is 0. The number of anilines is 1. The third kappa shape index (κ3) is 2.74. The van der Waals surface area contributed by atoms with Crippen molar-refractivity contribution >= 4 is 5.69 Å². The molecule has 5 N–H and O–H groups in total. The predicted octanol–water partition coefficient (Wildman–Crippen LogP) is 2.28. The number of ether oxygens (including phenoxy) is 1. The number of hydrazine groups is 1. The van der Waals surface area contributed by atoms with Crippen LogP contribution < -0.4 is 21.7 Å². The molecule has 2 aromatic rings. The van der Waals surface area contributed by atoms with E-state index in [1.54, 1.807) is 7.11 Å². The van der Waals surface area contributed by atoms with Crippen molar-refractivity contribution in [3.05, 3.63) is 58.9 Å². The number of hydrogen-bond donors (Lipinski definition) is 3. The highest BCUT2D eigenvalue weighted by atomic mass is 19.1. The van der Waals surface area contributed by atoms with Gasteiger partial charge in [0.15, 0.2) is 0 Å². The van der Waals surface area contributed by atoms with E-state index in [0.29, 0.717) is 11.3 Å². The first-order valence-corrected chi connectivity index (χ1v) is 6.22. The first kappa shape index (κ1) is 14.3. The van der Waals surface area contributed by atoms with E-state index in [9.17, 15) is 4.39 Å². The van der Waals surface area contributed by atoms with Gasteiger partial charge in [-0.25, -0.2) is 9.82 Å². The van der Waals surface area contributed by atoms with Crippen molar-refractivity contribution in [1.29, 1.82) is 0 Å². The molecular formula is C15H18FN3O. The van der Waals surface area contributed by atoms with Gasteiger partial charge in [-0.15, -0.1) is 0 Å². The predicted molar refractivity (Wildman–Crippen MR) is 77.7 cm³/mol. The molecule has 0 aliphatic heterocycles. The summed E-state index contributed by atoms with van der Waals surface area (Å²) in [7, 11) is 1.61. The lowest BCUT2D eigenvalue weighted by molar-refractivity contribution is 0.414. The molecule has 2 aromatic carbocycles. The Labute approximate surface area is 117 Å². The second-order valence-electron chi connectivity index (χ2n) is 4.60. The van der Waals surface area contributed by atoms with E-state index in [2.05, 4.69) is 5.43 Å². The highest BCUT2D eigenvalue weighted by Gasteiger charge is 2.18. The number of nitrogen functional groups attached to an aromatic ring is 1. The van der Waals surface area contributed by atoms with Crippen LogP contribution in [0.15, 0.2) is 36.4 Å². The zero-order chi connectivity index (χ0) is 14.7. The van der Waals surface area contributed by atoms with E-state index in [1.165, 1.54) is 18.2 Å². The molecule has 0 saturated carbocycles. The van der Waals surface area contributed by atoms with Crippen LogP contribution in [-0.2, 0) is 0 Å². The molecule has 0 radical (unpaired) electrons. The standard InChI is InChI=1S/C15H18FN3O/c1-9-7-11(20-2)4-5-12(9)15(19-18)13-8-10(16)3-6-14(13)17/h3-8,15,19H,17-18H2,1-2H3. The van der Waals surface area contributed by atoms with Crippen LogP contribution in [0, 0.1) is 12.7 Å². The van der Waals surface area contributed by atoms with Gasteiger partial charge < -0.3 is 10.5 Å². The van der Waals surface area contributed by atoms with Gasteiger partial charge in [-0.05, 0) is 48.4 Å². The van der Waals surface area contributed by atoms with Crippen molar-refractivity contribution in [3.63, 3.8) is 0 Å². The van der Waals surface area contributed by atoms with Crippen LogP contribution in [0.3, 0.4) is 0 Å². The summed E-state index contributed by atoms with van der Waals surface area (Å²) in [4.78, 5) is 0. The molecule has 106 valence electrons. The quantitative estimate of drug-likeness (QED) is 0.455. The van der Waals surface area contributed by atoms with Crippen LogP contribution in [0.1, 0.15) is 22.7 Å². The molecule has 0 aliphatic rings. The number of benzene rings is 2. The third-order valence-corrected chi connectivity index (χ3v) is 3.31. The topological polar surface area (TPSA) is 73.3 Å². The van der Waals surface area contributed by atoms with Gasteiger partial charge in [-0.2, -0.15) is 0 Å². The summed E-state index contributed by atoms with van der Waals surface area (Å²) in [5.74, 6) is 6.05. The molecule has 0 aromatic heterocycles. The minimum atomic E-state index is -0.378. The van der Waals surface area contributed by atoms with Crippen molar-refractivity contribution in [2.45, 2.75) is 13.0 Å². The van der Waals surface area contributed by atoms with Gasteiger partial charge in [0, 0.05) is 11.3 Å². The molecule has 1 unspecified atom stereocenters. The zero-order valence-corrected chi connectivity index (χ0v) is 11.5. The van der Waals surface area contributed by atoms with Gasteiger partial charge in [0.1, 0.15) is 11.6 Å². The number of nitrogens with one attached hydrogen (secondary N) is 1. The summed E-state index contributed by atoms with van der Waals surface area (Å²) in [5.41, 5.74) is 11.6. The highest BCUT2D eigenvalue weighted by molar-refractivity contribution is 5.53. The molecule has 0 bridgehead atoms. The Morgan fingerprint density at radius 1 is 1.15 bits per heavy atom. The van der Waals surface area contributed by atoms with E-state index in [-0.39, 0.29) is 11.9 Å².